The summed E-state index contributed by atoms with van der Waals surface area (Å²) in [6.45, 7) is 0.628. The lowest BCUT2D eigenvalue weighted by Gasteiger charge is -2.26. The number of nitrogens with two attached hydrogens (primary N) is 1. The molecule has 110 valence electrons. The van der Waals surface area contributed by atoms with Crippen LogP contribution in [0.5, 0.6) is 5.75 Å². The summed E-state index contributed by atoms with van der Waals surface area (Å²) in [5, 5.41) is 2.20. The zero-order valence-corrected chi connectivity index (χ0v) is 10.8. The number of ether oxygens (including phenoxy) is 1. The van der Waals surface area contributed by atoms with Crippen LogP contribution in [0.4, 0.5) is 13.2 Å². The lowest BCUT2D eigenvalue weighted by Crippen LogP contribution is -2.62. The summed E-state index contributed by atoms with van der Waals surface area (Å²) in [7, 11) is 0. The highest BCUT2D eigenvalue weighted by Crippen LogP contribution is 2.29. The Balaban J connectivity index is 1.90. The van der Waals surface area contributed by atoms with Crippen molar-refractivity contribution in [3.05, 3.63) is 29.8 Å². The number of amides is 1. The summed E-state index contributed by atoms with van der Waals surface area (Å²) < 4.78 is 43.3. The average molecular weight is 288 g/mol. The van der Waals surface area contributed by atoms with Gasteiger partial charge in [-0.1, -0.05) is 18.2 Å². The second-order valence-corrected chi connectivity index (χ2v) is 4.96. The predicted octanol–water partition coefficient (Wildman–Crippen LogP) is 1.39. The fourth-order valence-electron chi connectivity index (χ4n) is 1.89. The summed E-state index contributed by atoms with van der Waals surface area (Å²) >= 11 is 0. The maximum absolute atomic E-state index is 12.6. The minimum Gasteiger partial charge on any atom is -0.488 e. The summed E-state index contributed by atoms with van der Waals surface area (Å²) in [5.74, 6) is -0.567. The fourth-order valence-corrected chi connectivity index (χ4v) is 1.89. The van der Waals surface area contributed by atoms with Gasteiger partial charge in [-0.3, -0.25) is 4.79 Å². The topological polar surface area (TPSA) is 64.4 Å². The van der Waals surface area contributed by atoms with Crippen molar-refractivity contribution in [3.8, 4) is 5.75 Å². The Kier molecular flexibility index (Phi) is 3.64. The van der Waals surface area contributed by atoms with E-state index in [1.165, 1.54) is 0 Å². The molecule has 1 aliphatic rings. The molecule has 1 heterocycles. The highest BCUT2D eigenvalue weighted by atomic mass is 19.4. The molecule has 0 spiro atoms. The minimum absolute atomic E-state index is 0.0175. The highest BCUT2D eigenvalue weighted by molar-refractivity contribution is 5.86. The van der Waals surface area contributed by atoms with Gasteiger partial charge >= 0.3 is 6.18 Å². The third-order valence-electron chi connectivity index (χ3n) is 3.26. The molecule has 0 fully saturated rings. The number of benzene rings is 1. The number of hydrogen-bond acceptors (Lipinski definition) is 3. The van der Waals surface area contributed by atoms with Crippen molar-refractivity contribution in [1.29, 1.82) is 0 Å². The van der Waals surface area contributed by atoms with Gasteiger partial charge in [0, 0.05) is 6.42 Å². The van der Waals surface area contributed by atoms with Crippen LogP contribution in [0.15, 0.2) is 24.3 Å². The number of fused-ring (bicyclic) bond motifs is 1. The minimum atomic E-state index is -4.80. The maximum Gasteiger partial charge on any atom is 0.415 e. The van der Waals surface area contributed by atoms with E-state index in [1.807, 2.05) is 12.1 Å². The van der Waals surface area contributed by atoms with Crippen molar-refractivity contribution in [2.75, 3.05) is 6.54 Å². The first-order chi connectivity index (χ1) is 9.22. The molecule has 0 aromatic heterocycles. The van der Waals surface area contributed by atoms with E-state index < -0.39 is 17.6 Å². The number of carbonyl (C=O) groups excluding carboxylic acids is 1. The van der Waals surface area contributed by atoms with Crippen LogP contribution in [0.1, 0.15) is 12.5 Å². The van der Waals surface area contributed by atoms with Gasteiger partial charge in [-0.25, -0.2) is 0 Å². The van der Waals surface area contributed by atoms with Gasteiger partial charge in [0.2, 0.25) is 5.91 Å². The first-order valence-electron chi connectivity index (χ1n) is 6.10. The molecule has 2 atom stereocenters. The summed E-state index contributed by atoms with van der Waals surface area (Å²) in [5.41, 5.74) is 3.09. The third kappa shape index (κ3) is 2.72. The Morgan fingerprint density at radius 3 is 2.70 bits per heavy atom. The Morgan fingerprint density at radius 2 is 2.10 bits per heavy atom. The Labute approximate surface area is 114 Å². The van der Waals surface area contributed by atoms with Crippen LogP contribution in [-0.4, -0.2) is 30.3 Å². The van der Waals surface area contributed by atoms with Gasteiger partial charge in [0.15, 0.2) is 5.54 Å². The number of alkyl halides is 3. The van der Waals surface area contributed by atoms with Crippen LogP contribution >= 0.6 is 0 Å². The zero-order chi connectivity index (χ0) is 15.0. The molecule has 1 aromatic rings. The van der Waals surface area contributed by atoms with E-state index in [1.54, 1.807) is 12.1 Å². The molecule has 20 heavy (non-hydrogen) atoms. The van der Waals surface area contributed by atoms with E-state index in [9.17, 15) is 18.0 Å². The molecule has 0 saturated carbocycles. The number of para-hydroxylation sites is 1. The van der Waals surface area contributed by atoms with Crippen LogP contribution in [0.2, 0.25) is 0 Å². The smallest absolute Gasteiger partial charge is 0.415 e. The first-order valence-corrected chi connectivity index (χ1v) is 6.10. The second-order valence-electron chi connectivity index (χ2n) is 4.96. The van der Waals surface area contributed by atoms with Crippen molar-refractivity contribution in [2.45, 2.75) is 31.2 Å². The molecule has 3 N–H and O–H groups in total. The summed E-state index contributed by atoms with van der Waals surface area (Å²) in [6, 6.07) is 7.31. The molecular formula is C13H15F3N2O2. The molecule has 0 aliphatic carbocycles. The molecule has 7 heteroatoms. The normalized spacial score (nSPS) is 20.8. The lowest BCUT2D eigenvalue weighted by atomic mass is 10.0. The molecule has 1 amide bonds. The van der Waals surface area contributed by atoms with E-state index in [0.717, 1.165) is 5.56 Å². The van der Waals surface area contributed by atoms with Crippen LogP contribution in [0.3, 0.4) is 0 Å². The van der Waals surface area contributed by atoms with Crippen molar-refractivity contribution in [1.82, 2.24) is 5.32 Å². The van der Waals surface area contributed by atoms with Gasteiger partial charge in [0.1, 0.15) is 11.9 Å². The fraction of sp³-hybridized carbons (Fsp3) is 0.462. The van der Waals surface area contributed by atoms with Crippen LogP contribution in [0, 0.1) is 0 Å². The number of rotatable bonds is 3. The molecule has 4 nitrogen and oxygen atoms in total. The summed E-state index contributed by atoms with van der Waals surface area (Å²) in [4.78, 5) is 11.5. The lowest BCUT2D eigenvalue weighted by molar-refractivity contribution is -0.187. The van der Waals surface area contributed by atoms with Gasteiger partial charge in [0.05, 0.1) is 6.54 Å². The monoisotopic (exact) mass is 288 g/mol. The molecule has 0 bridgehead atoms. The van der Waals surface area contributed by atoms with Crippen molar-refractivity contribution < 1.29 is 22.7 Å². The van der Waals surface area contributed by atoms with E-state index in [2.05, 4.69) is 5.32 Å². The molecular weight excluding hydrogens is 273 g/mol. The largest absolute Gasteiger partial charge is 0.488 e. The van der Waals surface area contributed by atoms with Gasteiger partial charge in [-0.15, -0.1) is 0 Å². The van der Waals surface area contributed by atoms with Gasteiger partial charge in [-0.2, -0.15) is 13.2 Å². The third-order valence-corrected chi connectivity index (χ3v) is 3.26. The Bertz CT molecular complexity index is 490. The van der Waals surface area contributed by atoms with Crippen molar-refractivity contribution >= 4 is 5.91 Å². The van der Waals surface area contributed by atoms with Crippen LogP contribution in [0.25, 0.3) is 0 Å². The highest BCUT2D eigenvalue weighted by Gasteiger charge is 2.53. The molecule has 1 aromatic carbocycles. The summed E-state index contributed by atoms with van der Waals surface area (Å²) in [6.07, 6.45) is -4.62. The molecule has 2 unspecified atom stereocenters. The molecule has 1 aliphatic heterocycles. The maximum atomic E-state index is 12.6. The van der Waals surface area contributed by atoms with Crippen molar-refractivity contribution in [2.24, 2.45) is 5.73 Å². The van der Waals surface area contributed by atoms with E-state index in [0.29, 0.717) is 19.1 Å². The van der Waals surface area contributed by atoms with Gasteiger partial charge < -0.3 is 15.8 Å². The SMILES string of the molecule is CC(N)(C(=O)NCC1Cc2ccccc2O1)C(F)(F)F. The molecule has 0 saturated heterocycles. The zero-order valence-electron chi connectivity index (χ0n) is 10.8. The number of hydrogen-bond donors (Lipinski definition) is 2. The van der Waals surface area contributed by atoms with Gasteiger partial charge in [0.25, 0.3) is 0 Å². The van der Waals surface area contributed by atoms with E-state index >= 15 is 0 Å². The second kappa shape index (κ2) is 4.97. The standard InChI is InChI=1S/C13H15F3N2O2/c1-12(17,13(14,15)16)11(19)18-7-9-6-8-4-2-3-5-10(8)20-9/h2-5,9H,6-7,17H2,1H3,(H,18,19). The quantitative estimate of drug-likeness (QED) is 0.883. The predicted molar refractivity (Wildman–Crippen MR) is 66.2 cm³/mol. The Morgan fingerprint density at radius 1 is 1.45 bits per heavy atom. The number of carbonyl (C=O) groups is 1. The van der Waals surface area contributed by atoms with E-state index in [4.69, 9.17) is 10.5 Å². The van der Waals surface area contributed by atoms with Crippen LogP contribution < -0.4 is 15.8 Å². The van der Waals surface area contributed by atoms with Crippen LogP contribution in [-0.2, 0) is 11.2 Å². The average Bonchev–Trinajstić information content (AvgIpc) is 2.77. The van der Waals surface area contributed by atoms with Gasteiger partial charge in [-0.05, 0) is 18.6 Å². The van der Waals surface area contributed by atoms with E-state index in [-0.39, 0.29) is 12.6 Å². The Hall–Kier alpha value is -1.76. The first kappa shape index (κ1) is 14.6. The van der Waals surface area contributed by atoms with Crippen molar-refractivity contribution in [3.63, 3.8) is 0 Å². The molecule has 2 rings (SSSR count). The number of halogens is 3. The number of nitrogens with one attached hydrogen (secondary N) is 1. The molecule has 0 radical (unpaired) electrons.